The SMILES string of the molecule is CC.CC.COc1cc(F)c(-c2ccc(N3CCCC(NCc4ccccc4)(C(O)C(F)F)C3)c(CO)c2)cc1F. The first-order valence-corrected chi connectivity index (χ1v) is 14.1. The van der Waals surface area contributed by atoms with Gasteiger partial charge in [-0.3, -0.25) is 0 Å². The van der Waals surface area contributed by atoms with Crippen LogP contribution >= 0.6 is 0 Å². The minimum atomic E-state index is -2.95. The number of hydrogen-bond donors (Lipinski definition) is 3. The summed E-state index contributed by atoms with van der Waals surface area (Å²) in [6.07, 6.45) is -4.00. The molecule has 0 saturated carbocycles. The first-order chi connectivity index (χ1) is 19.8. The van der Waals surface area contributed by atoms with Crippen molar-refractivity contribution in [2.24, 2.45) is 0 Å². The van der Waals surface area contributed by atoms with Crippen molar-refractivity contribution in [1.29, 1.82) is 0 Å². The number of rotatable bonds is 9. The Bertz CT molecular complexity index is 1210. The maximum atomic E-state index is 14.7. The molecule has 5 nitrogen and oxygen atoms in total. The monoisotopic (exact) mass is 578 g/mol. The Morgan fingerprint density at radius 2 is 1.66 bits per heavy atom. The van der Waals surface area contributed by atoms with Gasteiger partial charge in [-0.15, -0.1) is 0 Å². The van der Waals surface area contributed by atoms with Gasteiger partial charge in [0.25, 0.3) is 6.43 Å². The number of nitrogens with one attached hydrogen (secondary N) is 1. The number of piperidine rings is 1. The Kier molecular flexibility index (Phi) is 13.6. The number of alkyl halides is 2. The third-order valence-corrected chi connectivity index (χ3v) is 6.96. The van der Waals surface area contributed by atoms with Crippen molar-refractivity contribution < 1.29 is 32.5 Å². The third-order valence-electron chi connectivity index (χ3n) is 6.96. The lowest BCUT2D eigenvalue weighted by Gasteiger charge is -2.47. The summed E-state index contributed by atoms with van der Waals surface area (Å²) in [4.78, 5) is 1.84. The summed E-state index contributed by atoms with van der Waals surface area (Å²) in [5, 5.41) is 23.9. The Labute approximate surface area is 240 Å². The molecule has 0 aromatic heterocycles. The Morgan fingerprint density at radius 3 is 2.27 bits per heavy atom. The molecule has 3 N–H and O–H groups in total. The predicted octanol–water partition coefficient (Wildman–Crippen LogP) is 6.94. The van der Waals surface area contributed by atoms with Crippen LogP contribution in [0.4, 0.5) is 23.2 Å². The molecule has 1 aliphatic rings. The Balaban J connectivity index is 0.00000141. The minimum absolute atomic E-state index is 0.00481. The van der Waals surface area contributed by atoms with E-state index in [0.29, 0.717) is 42.7 Å². The fraction of sp³-hybridized carbons (Fsp3) is 0.438. The van der Waals surface area contributed by atoms with Crippen LogP contribution in [0.3, 0.4) is 0 Å². The topological polar surface area (TPSA) is 65.0 Å². The quantitative estimate of drug-likeness (QED) is 0.240. The van der Waals surface area contributed by atoms with Crippen LogP contribution in [0.5, 0.6) is 5.75 Å². The van der Waals surface area contributed by atoms with Crippen LogP contribution in [0.15, 0.2) is 60.7 Å². The van der Waals surface area contributed by atoms with Crippen molar-refractivity contribution >= 4 is 5.69 Å². The molecule has 3 aromatic rings. The Morgan fingerprint density at radius 1 is 0.976 bits per heavy atom. The van der Waals surface area contributed by atoms with Crippen molar-refractivity contribution in [2.75, 3.05) is 25.1 Å². The highest BCUT2D eigenvalue weighted by Crippen LogP contribution is 2.36. The lowest BCUT2D eigenvalue weighted by Crippen LogP contribution is -2.65. The summed E-state index contributed by atoms with van der Waals surface area (Å²) in [5.74, 6) is -1.62. The number of aliphatic hydroxyl groups excluding tert-OH is 2. The maximum Gasteiger partial charge on any atom is 0.265 e. The van der Waals surface area contributed by atoms with Gasteiger partial charge in [0.05, 0.1) is 19.3 Å². The van der Waals surface area contributed by atoms with Crippen LogP contribution in [0.25, 0.3) is 11.1 Å². The number of hydrogen-bond acceptors (Lipinski definition) is 5. The first kappa shape index (κ1) is 34.1. The fourth-order valence-corrected chi connectivity index (χ4v) is 4.99. The second-order valence-corrected chi connectivity index (χ2v) is 9.27. The van der Waals surface area contributed by atoms with E-state index in [0.717, 1.165) is 17.7 Å². The number of anilines is 1. The summed E-state index contributed by atoms with van der Waals surface area (Å²) < 4.78 is 61.3. The molecule has 4 rings (SSSR count). The van der Waals surface area contributed by atoms with Crippen LogP contribution in [0.2, 0.25) is 0 Å². The summed E-state index contributed by atoms with van der Waals surface area (Å²) >= 11 is 0. The summed E-state index contributed by atoms with van der Waals surface area (Å²) in [6.45, 7) is 8.49. The normalized spacial score (nSPS) is 17.2. The van der Waals surface area contributed by atoms with Crippen molar-refractivity contribution in [3.63, 3.8) is 0 Å². The van der Waals surface area contributed by atoms with Crippen LogP contribution in [0.1, 0.15) is 51.7 Å². The molecule has 226 valence electrons. The average Bonchev–Trinajstić information content (AvgIpc) is 3.02. The van der Waals surface area contributed by atoms with E-state index >= 15 is 0 Å². The van der Waals surface area contributed by atoms with Gasteiger partial charge in [0.15, 0.2) is 11.6 Å². The molecule has 2 unspecified atom stereocenters. The van der Waals surface area contributed by atoms with Crippen LogP contribution in [0, 0.1) is 11.6 Å². The average molecular weight is 579 g/mol. The molecule has 0 spiro atoms. The van der Waals surface area contributed by atoms with Crippen molar-refractivity contribution in [3.05, 3.63) is 83.4 Å². The smallest absolute Gasteiger partial charge is 0.265 e. The number of methoxy groups -OCH3 is 1. The standard InChI is InChI=1S/C28H30F4N2O3.2C2H6/c1-37-25-14-22(29)21(13-23(25)30)19-8-9-24(20(12-19)16-35)34-11-5-10-28(17-34,26(36)27(31)32)33-15-18-6-3-2-4-7-18;2*1-2/h2-4,6-9,12-14,26-27,33,35-36H,5,10-11,15-17H2,1H3;2*1-2H3. The molecule has 0 amide bonds. The minimum Gasteiger partial charge on any atom is -0.494 e. The zero-order chi connectivity index (χ0) is 30.6. The molecule has 1 heterocycles. The molecule has 1 aliphatic heterocycles. The highest BCUT2D eigenvalue weighted by atomic mass is 19.3. The molecule has 0 aliphatic carbocycles. The van der Waals surface area contributed by atoms with E-state index in [9.17, 15) is 27.8 Å². The highest BCUT2D eigenvalue weighted by Gasteiger charge is 2.45. The summed E-state index contributed by atoms with van der Waals surface area (Å²) in [5.41, 5.74) is 0.967. The number of halogens is 4. The van der Waals surface area contributed by atoms with Gasteiger partial charge >= 0.3 is 0 Å². The van der Waals surface area contributed by atoms with Gasteiger partial charge in [-0.2, -0.15) is 0 Å². The van der Waals surface area contributed by atoms with E-state index in [4.69, 9.17) is 4.74 Å². The van der Waals surface area contributed by atoms with Gasteiger partial charge in [-0.1, -0.05) is 64.1 Å². The van der Waals surface area contributed by atoms with Gasteiger partial charge in [0.2, 0.25) is 0 Å². The van der Waals surface area contributed by atoms with Crippen LogP contribution in [-0.4, -0.2) is 48.5 Å². The summed E-state index contributed by atoms with van der Waals surface area (Å²) in [7, 11) is 1.24. The number of ether oxygens (including phenoxy) is 1. The van der Waals surface area contributed by atoms with E-state index in [1.54, 1.807) is 18.2 Å². The second-order valence-electron chi connectivity index (χ2n) is 9.27. The molecule has 9 heteroatoms. The fourth-order valence-electron chi connectivity index (χ4n) is 4.99. The maximum absolute atomic E-state index is 14.7. The molecule has 1 saturated heterocycles. The van der Waals surface area contributed by atoms with Crippen molar-refractivity contribution in [1.82, 2.24) is 5.32 Å². The van der Waals surface area contributed by atoms with Gasteiger partial charge < -0.3 is 25.2 Å². The molecule has 41 heavy (non-hydrogen) atoms. The largest absolute Gasteiger partial charge is 0.494 e. The third kappa shape index (κ3) is 8.21. The number of benzene rings is 3. The van der Waals surface area contributed by atoms with Crippen LogP contribution in [-0.2, 0) is 13.2 Å². The molecule has 3 aromatic carbocycles. The van der Waals surface area contributed by atoms with Gasteiger partial charge in [0, 0.05) is 42.5 Å². The van der Waals surface area contributed by atoms with Crippen molar-refractivity contribution in [2.45, 2.75) is 71.8 Å². The highest BCUT2D eigenvalue weighted by molar-refractivity contribution is 5.70. The van der Waals surface area contributed by atoms with E-state index in [1.807, 2.05) is 62.9 Å². The molecule has 0 bridgehead atoms. The zero-order valence-corrected chi connectivity index (χ0v) is 24.4. The van der Waals surface area contributed by atoms with E-state index < -0.39 is 36.3 Å². The molecular formula is C32H42F4N2O3. The van der Waals surface area contributed by atoms with E-state index in [1.165, 1.54) is 7.11 Å². The van der Waals surface area contributed by atoms with Gasteiger partial charge in [0.1, 0.15) is 11.9 Å². The zero-order valence-electron chi connectivity index (χ0n) is 24.4. The molecule has 2 atom stereocenters. The van der Waals surface area contributed by atoms with E-state index in [2.05, 4.69) is 5.32 Å². The van der Waals surface area contributed by atoms with Gasteiger partial charge in [-0.25, -0.2) is 17.6 Å². The lowest BCUT2D eigenvalue weighted by atomic mass is 9.82. The second kappa shape index (κ2) is 16.3. The molecule has 1 fully saturated rings. The van der Waals surface area contributed by atoms with Crippen LogP contribution < -0.4 is 15.0 Å². The predicted molar refractivity (Wildman–Crippen MR) is 156 cm³/mol. The Hall–Kier alpha value is -3.14. The number of aliphatic hydroxyl groups is 2. The number of nitrogens with zero attached hydrogens (tertiary/aromatic N) is 1. The summed E-state index contributed by atoms with van der Waals surface area (Å²) in [6, 6.07) is 16.1. The molecular weight excluding hydrogens is 536 g/mol. The van der Waals surface area contributed by atoms with Crippen molar-refractivity contribution in [3.8, 4) is 16.9 Å². The van der Waals surface area contributed by atoms with E-state index in [-0.39, 0.29) is 17.9 Å². The van der Waals surface area contributed by atoms with Gasteiger partial charge in [-0.05, 0) is 42.2 Å². The molecule has 0 radical (unpaired) electrons. The first-order valence-electron chi connectivity index (χ1n) is 14.1. The lowest BCUT2D eigenvalue weighted by molar-refractivity contribution is -0.0658.